The second-order valence-corrected chi connectivity index (χ2v) is 3.33. The lowest BCUT2D eigenvalue weighted by atomic mass is 10.2. The lowest BCUT2D eigenvalue weighted by Gasteiger charge is -2.11. The van der Waals surface area contributed by atoms with Gasteiger partial charge in [-0.15, -0.1) is 0 Å². The van der Waals surface area contributed by atoms with Crippen LogP contribution < -0.4 is 15.8 Å². The van der Waals surface area contributed by atoms with Gasteiger partial charge in [0.15, 0.2) is 0 Å². The van der Waals surface area contributed by atoms with Crippen molar-refractivity contribution in [1.29, 1.82) is 0 Å². The molecule has 0 aliphatic carbocycles. The zero-order valence-corrected chi connectivity index (χ0v) is 8.94. The Balaban J connectivity index is 2.43. The Bertz CT molecular complexity index is 292. The number of benzene rings is 1. The second-order valence-electron chi connectivity index (χ2n) is 3.33. The number of para-hydroxylation sites is 1. The van der Waals surface area contributed by atoms with Crippen LogP contribution in [-0.2, 0) is 6.54 Å². The maximum absolute atomic E-state index is 9.24. The third-order valence-electron chi connectivity index (χ3n) is 2.16. The van der Waals surface area contributed by atoms with Crippen molar-refractivity contribution in [3.05, 3.63) is 29.8 Å². The molecule has 15 heavy (non-hydrogen) atoms. The largest absolute Gasteiger partial charge is 0.496 e. The van der Waals surface area contributed by atoms with Crippen molar-refractivity contribution < 1.29 is 9.84 Å². The van der Waals surface area contributed by atoms with Gasteiger partial charge in [0, 0.05) is 25.2 Å². The van der Waals surface area contributed by atoms with Crippen LogP contribution in [0.5, 0.6) is 5.75 Å². The van der Waals surface area contributed by atoms with E-state index < -0.39 is 6.10 Å². The second kappa shape index (κ2) is 6.40. The molecule has 0 saturated carbocycles. The summed E-state index contributed by atoms with van der Waals surface area (Å²) in [6.07, 6.45) is -0.486. The van der Waals surface area contributed by atoms with Crippen molar-refractivity contribution in [2.75, 3.05) is 20.2 Å². The van der Waals surface area contributed by atoms with Crippen molar-refractivity contribution in [1.82, 2.24) is 5.32 Å². The molecule has 0 radical (unpaired) electrons. The maximum Gasteiger partial charge on any atom is 0.123 e. The highest BCUT2D eigenvalue weighted by Gasteiger charge is 2.03. The molecule has 0 fully saturated rings. The minimum atomic E-state index is -0.486. The quantitative estimate of drug-likeness (QED) is 0.623. The Morgan fingerprint density at radius 2 is 2.20 bits per heavy atom. The number of hydrogen-bond acceptors (Lipinski definition) is 4. The van der Waals surface area contributed by atoms with Gasteiger partial charge in [-0.3, -0.25) is 0 Å². The molecule has 0 spiro atoms. The number of nitrogens with two attached hydrogens (primary N) is 1. The van der Waals surface area contributed by atoms with Crippen LogP contribution in [0, 0.1) is 0 Å². The fraction of sp³-hybridized carbons (Fsp3) is 0.455. The highest BCUT2D eigenvalue weighted by molar-refractivity contribution is 5.32. The van der Waals surface area contributed by atoms with Crippen molar-refractivity contribution in [3.63, 3.8) is 0 Å². The summed E-state index contributed by atoms with van der Waals surface area (Å²) in [7, 11) is 1.65. The van der Waals surface area contributed by atoms with E-state index in [1.807, 2.05) is 24.3 Å². The number of rotatable bonds is 6. The molecular weight excluding hydrogens is 192 g/mol. The van der Waals surface area contributed by atoms with E-state index in [4.69, 9.17) is 10.5 Å². The van der Waals surface area contributed by atoms with Gasteiger partial charge in [-0.25, -0.2) is 0 Å². The third-order valence-corrected chi connectivity index (χ3v) is 2.16. The van der Waals surface area contributed by atoms with E-state index >= 15 is 0 Å². The first-order valence-electron chi connectivity index (χ1n) is 4.98. The van der Waals surface area contributed by atoms with Crippen LogP contribution in [0.25, 0.3) is 0 Å². The fourth-order valence-corrected chi connectivity index (χ4v) is 1.31. The van der Waals surface area contributed by atoms with Gasteiger partial charge in [0.2, 0.25) is 0 Å². The molecule has 4 heteroatoms. The van der Waals surface area contributed by atoms with Gasteiger partial charge >= 0.3 is 0 Å². The van der Waals surface area contributed by atoms with Crippen molar-refractivity contribution >= 4 is 0 Å². The maximum atomic E-state index is 9.24. The average Bonchev–Trinajstić information content (AvgIpc) is 2.29. The van der Waals surface area contributed by atoms with Crippen molar-refractivity contribution in [2.45, 2.75) is 12.6 Å². The van der Waals surface area contributed by atoms with Crippen LogP contribution in [0.3, 0.4) is 0 Å². The van der Waals surface area contributed by atoms with Crippen LogP contribution in [0.4, 0.5) is 0 Å². The summed E-state index contributed by atoms with van der Waals surface area (Å²) < 4.78 is 5.20. The van der Waals surface area contributed by atoms with Gasteiger partial charge in [-0.2, -0.15) is 0 Å². The molecule has 0 saturated heterocycles. The SMILES string of the molecule is COc1ccccc1CNCC(O)CN. The number of ether oxygens (including phenoxy) is 1. The molecule has 1 unspecified atom stereocenters. The molecular formula is C11H18N2O2. The molecule has 0 bridgehead atoms. The third kappa shape index (κ3) is 3.87. The van der Waals surface area contributed by atoms with Crippen LogP contribution in [0.2, 0.25) is 0 Å². The Kier molecular flexibility index (Phi) is 5.10. The van der Waals surface area contributed by atoms with Crippen LogP contribution in [0.15, 0.2) is 24.3 Å². The molecule has 84 valence electrons. The average molecular weight is 210 g/mol. The molecule has 1 atom stereocenters. The van der Waals surface area contributed by atoms with E-state index in [0.29, 0.717) is 13.1 Å². The van der Waals surface area contributed by atoms with Gasteiger partial charge < -0.3 is 20.9 Å². The topological polar surface area (TPSA) is 67.5 Å². The Hall–Kier alpha value is -1.10. The first-order valence-corrected chi connectivity index (χ1v) is 4.98. The van der Waals surface area contributed by atoms with Gasteiger partial charge in [0.05, 0.1) is 13.2 Å². The minimum Gasteiger partial charge on any atom is -0.496 e. The van der Waals surface area contributed by atoms with Gasteiger partial charge in [-0.05, 0) is 6.07 Å². The molecule has 4 nitrogen and oxygen atoms in total. The summed E-state index contributed by atoms with van der Waals surface area (Å²) in [6.45, 7) is 1.44. The smallest absolute Gasteiger partial charge is 0.123 e. The number of methoxy groups -OCH3 is 1. The van der Waals surface area contributed by atoms with Gasteiger partial charge in [0.1, 0.15) is 5.75 Å². The van der Waals surface area contributed by atoms with E-state index in [1.54, 1.807) is 7.11 Å². The fourth-order valence-electron chi connectivity index (χ4n) is 1.31. The molecule has 4 N–H and O–H groups in total. The normalized spacial score (nSPS) is 12.5. The summed E-state index contributed by atoms with van der Waals surface area (Å²) >= 11 is 0. The Labute approximate surface area is 90.1 Å². The van der Waals surface area contributed by atoms with E-state index in [9.17, 15) is 5.11 Å². The highest BCUT2D eigenvalue weighted by atomic mass is 16.5. The molecule has 0 aromatic heterocycles. The number of hydrogen-bond donors (Lipinski definition) is 3. The van der Waals surface area contributed by atoms with E-state index in [2.05, 4.69) is 5.32 Å². The van der Waals surface area contributed by atoms with Crippen LogP contribution >= 0.6 is 0 Å². The summed E-state index contributed by atoms with van der Waals surface area (Å²) in [5.41, 5.74) is 6.37. The van der Waals surface area contributed by atoms with Crippen LogP contribution in [-0.4, -0.2) is 31.4 Å². The molecule has 0 aliphatic rings. The number of aliphatic hydroxyl groups is 1. The summed E-state index contributed by atoms with van der Waals surface area (Å²) in [5, 5.41) is 12.4. The minimum absolute atomic E-state index is 0.277. The molecule has 1 aromatic rings. The number of nitrogens with one attached hydrogen (secondary N) is 1. The predicted octanol–water partition coefficient (Wildman–Crippen LogP) is 0.104. The van der Waals surface area contributed by atoms with Crippen molar-refractivity contribution in [2.24, 2.45) is 5.73 Å². The standard InChI is InChI=1S/C11H18N2O2/c1-15-11-5-3-2-4-9(11)7-13-8-10(14)6-12/h2-5,10,13-14H,6-8,12H2,1H3. The summed E-state index contributed by atoms with van der Waals surface area (Å²) in [5.74, 6) is 0.854. The summed E-state index contributed by atoms with van der Waals surface area (Å²) in [4.78, 5) is 0. The first kappa shape index (κ1) is 12.0. The first-order chi connectivity index (χ1) is 7.27. The zero-order valence-electron chi connectivity index (χ0n) is 8.94. The Morgan fingerprint density at radius 3 is 2.87 bits per heavy atom. The Morgan fingerprint density at radius 1 is 1.47 bits per heavy atom. The molecule has 0 amide bonds. The van der Waals surface area contributed by atoms with E-state index in [-0.39, 0.29) is 6.54 Å². The van der Waals surface area contributed by atoms with Crippen molar-refractivity contribution in [3.8, 4) is 5.75 Å². The van der Waals surface area contributed by atoms with E-state index in [1.165, 1.54) is 0 Å². The zero-order chi connectivity index (χ0) is 11.1. The lowest BCUT2D eigenvalue weighted by Crippen LogP contribution is -2.32. The molecule has 1 aromatic carbocycles. The molecule has 0 aliphatic heterocycles. The van der Waals surface area contributed by atoms with Gasteiger partial charge in [-0.1, -0.05) is 18.2 Å². The van der Waals surface area contributed by atoms with E-state index in [0.717, 1.165) is 11.3 Å². The molecule has 1 rings (SSSR count). The van der Waals surface area contributed by atoms with Crippen LogP contribution in [0.1, 0.15) is 5.56 Å². The van der Waals surface area contributed by atoms with Gasteiger partial charge in [0.25, 0.3) is 0 Å². The summed E-state index contributed by atoms with van der Waals surface area (Å²) in [6, 6.07) is 7.78. The monoisotopic (exact) mass is 210 g/mol. The number of aliphatic hydroxyl groups excluding tert-OH is 1. The molecule has 0 heterocycles. The predicted molar refractivity (Wildman–Crippen MR) is 59.8 cm³/mol. The highest BCUT2D eigenvalue weighted by Crippen LogP contribution is 2.16. The lowest BCUT2D eigenvalue weighted by molar-refractivity contribution is 0.179.